The van der Waals surface area contributed by atoms with Crippen LogP contribution < -0.4 is 5.32 Å². The Morgan fingerprint density at radius 3 is 2.90 bits per heavy atom. The van der Waals surface area contributed by atoms with Crippen molar-refractivity contribution < 1.29 is 0 Å². The highest BCUT2D eigenvalue weighted by molar-refractivity contribution is 4.90. The molecule has 1 rings (SSSR count). The summed E-state index contributed by atoms with van der Waals surface area (Å²) in [6.07, 6.45) is 7.04. The Hall–Kier alpha value is -0.300. The van der Waals surface area contributed by atoms with Crippen LogP contribution in [0.1, 0.15) is 26.7 Å². The third-order valence-electron chi connectivity index (χ3n) is 2.11. The normalized spacial score (nSPS) is 26.9. The van der Waals surface area contributed by atoms with E-state index in [1.807, 2.05) is 0 Å². The van der Waals surface area contributed by atoms with Crippen LogP contribution in [0.4, 0.5) is 0 Å². The van der Waals surface area contributed by atoms with Crippen LogP contribution in [0.5, 0.6) is 0 Å². The zero-order valence-corrected chi connectivity index (χ0v) is 6.93. The van der Waals surface area contributed by atoms with E-state index in [-0.39, 0.29) is 0 Å². The molecule has 1 heteroatoms. The highest BCUT2D eigenvalue weighted by Gasteiger charge is 2.11. The molecule has 0 aliphatic carbocycles. The molecule has 1 aliphatic heterocycles. The van der Waals surface area contributed by atoms with Gasteiger partial charge in [0.15, 0.2) is 0 Å². The quantitative estimate of drug-likeness (QED) is 0.547. The fraction of sp³-hybridized carbons (Fsp3) is 0.778. The third kappa shape index (κ3) is 2.14. The Labute approximate surface area is 63.5 Å². The van der Waals surface area contributed by atoms with Gasteiger partial charge in [0.2, 0.25) is 0 Å². The van der Waals surface area contributed by atoms with Crippen molar-refractivity contribution in [1.82, 2.24) is 5.32 Å². The first-order chi connectivity index (χ1) is 4.80. The van der Waals surface area contributed by atoms with Gasteiger partial charge in [-0.1, -0.05) is 26.0 Å². The van der Waals surface area contributed by atoms with Crippen molar-refractivity contribution in [3.63, 3.8) is 0 Å². The van der Waals surface area contributed by atoms with E-state index >= 15 is 0 Å². The first-order valence-electron chi connectivity index (χ1n) is 4.19. The first-order valence-corrected chi connectivity index (χ1v) is 4.19. The molecule has 0 aromatic carbocycles. The second kappa shape index (κ2) is 3.77. The second-order valence-electron chi connectivity index (χ2n) is 3.31. The summed E-state index contributed by atoms with van der Waals surface area (Å²) in [5.41, 5.74) is 0. The summed E-state index contributed by atoms with van der Waals surface area (Å²) in [6.45, 7) is 5.62. The Morgan fingerprint density at radius 2 is 2.20 bits per heavy atom. The molecule has 0 amide bonds. The summed E-state index contributed by atoms with van der Waals surface area (Å²) in [4.78, 5) is 0. The van der Waals surface area contributed by atoms with E-state index < -0.39 is 0 Å². The maximum Gasteiger partial charge on any atom is 0.0137 e. The van der Waals surface area contributed by atoms with Crippen LogP contribution in [0.15, 0.2) is 12.2 Å². The van der Waals surface area contributed by atoms with Gasteiger partial charge < -0.3 is 5.32 Å². The van der Waals surface area contributed by atoms with Crippen molar-refractivity contribution in [3.8, 4) is 0 Å². The molecule has 1 heterocycles. The third-order valence-corrected chi connectivity index (χ3v) is 2.11. The molecule has 0 saturated heterocycles. The molecule has 0 aromatic rings. The molecule has 0 radical (unpaired) electrons. The number of allylic oxidation sites excluding steroid dienone is 1. The molecule has 1 nitrogen and oxygen atoms in total. The Morgan fingerprint density at radius 1 is 1.40 bits per heavy atom. The van der Waals surface area contributed by atoms with Gasteiger partial charge in [0, 0.05) is 12.6 Å². The molecule has 0 aromatic heterocycles. The summed E-state index contributed by atoms with van der Waals surface area (Å²) in [5.74, 6) is 0.778. The van der Waals surface area contributed by atoms with Crippen molar-refractivity contribution in [2.75, 3.05) is 6.54 Å². The molecule has 1 atom stereocenters. The summed E-state index contributed by atoms with van der Waals surface area (Å²) < 4.78 is 0. The average molecular weight is 139 g/mol. The van der Waals surface area contributed by atoms with Crippen LogP contribution in [0.25, 0.3) is 0 Å². The van der Waals surface area contributed by atoms with E-state index in [0.29, 0.717) is 0 Å². The van der Waals surface area contributed by atoms with Gasteiger partial charge >= 0.3 is 0 Å². The molecule has 0 saturated carbocycles. The standard InChI is InChI=1S/C9H17N/c1-8(2)9-6-4-3-5-7-10-9/h3,5,8-10H,4,6-7H2,1-2H3. The largest absolute Gasteiger partial charge is 0.310 e. The minimum absolute atomic E-state index is 0.731. The van der Waals surface area contributed by atoms with Gasteiger partial charge in [-0.2, -0.15) is 0 Å². The number of nitrogens with one attached hydrogen (secondary N) is 1. The minimum atomic E-state index is 0.731. The van der Waals surface area contributed by atoms with E-state index in [4.69, 9.17) is 0 Å². The van der Waals surface area contributed by atoms with Crippen molar-refractivity contribution in [2.45, 2.75) is 32.7 Å². The second-order valence-corrected chi connectivity index (χ2v) is 3.31. The zero-order chi connectivity index (χ0) is 7.40. The topological polar surface area (TPSA) is 12.0 Å². The molecule has 0 fully saturated rings. The molecule has 1 N–H and O–H groups in total. The van der Waals surface area contributed by atoms with E-state index in [9.17, 15) is 0 Å². The fourth-order valence-electron chi connectivity index (χ4n) is 1.37. The highest BCUT2D eigenvalue weighted by atomic mass is 14.9. The molecule has 1 aliphatic rings. The van der Waals surface area contributed by atoms with Crippen molar-refractivity contribution in [3.05, 3.63) is 12.2 Å². The first kappa shape index (κ1) is 7.80. The molecular formula is C9H17N. The van der Waals surface area contributed by atoms with Crippen LogP contribution in [-0.2, 0) is 0 Å². The average Bonchev–Trinajstić information content (AvgIpc) is 2.12. The minimum Gasteiger partial charge on any atom is -0.310 e. The maximum absolute atomic E-state index is 3.49. The lowest BCUT2D eigenvalue weighted by molar-refractivity contribution is 0.399. The Kier molecular flexibility index (Phi) is 2.94. The molecule has 10 heavy (non-hydrogen) atoms. The van der Waals surface area contributed by atoms with Gasteiger partial charge in [0.05, 0.1) is 0 Å². The zero-order valence-electron chi connectivity index (χ0n) is 6.93. The van der Waals surface area contributed by atoms with Crippen LogP contribution >= 0.6 is 0 Å². The monoisotopic (exact) mass is 139 g/mol. The molecule has 1 unspecified atom stereocenters. The van der Waals surface area contributed by atoms with E-state index in [0.717, 1.165) is 18.5 Å². The number of rotatable bonds is 1. The van der Waals surface area contributed by atoms with Crippen LogP contribution in [0, 0.1) is 5.92 Å². The number of hydrogen-bond donors (Lipinski definition) is 1. The SMILES string of the molecule is CC(C)C1CCC=CCN1. The van der Waals surface area contributed by atoms with E-state index in [2.05, 4.69) is 31.3 Å². The lowest BCUT2D eigenvalue weighted by atomic mass is 10.0. The van der Waals surface area contributed by atoms with Gasteiger partial charge in [-0.3, -0.25) is 0 Å². The van der Waals surface area contributed by atoms with Crippen molar-refractivity contribution in [2.24, 2.45) is 5.92 Å². The predicted molar refractivity (Wildman–Crippen MR) is 45.0 cm³/mol. The predicted octanol–water partition coefficient (Wildman–Crippen LogP) is 1.95. The fourth-order valence-corrected chi connectivity index (χ4v) is 1.37. The maximum atomic E-state index is 3.49. The van der Waals surface area contributed by atoms with Crippen LogP contribution in [-0.4, -0.2) is 12.6 Å². The smallest absolute Gasteiger partial charge is 0.0137 e. The number of hydrogen-bond acceptors (Lipinski definition) is 1. The summed E-state index contributed by atoms with van der Waals surface area (Å²) in [6, 6.07) is 0.731. The van der Waals surface area contributed by atoms with Crippen molar-refractivity contribution >= 4 is 0 Å². The van der Waals surface area contributed by atoms with E-state index in [1.165, 1.54) is 12.8 Å². The van der Waals surface area contributed by atoms with Crippen LogP contribution in [0.2, 0.25) is 0 Å². The van der Waals surface area contributed by atoms with Gasteiger partial charge in [0.1, 0.15) is 0 Å². The van der Waals surface area contributed by atoms with Crippen LogP contribution in [0.3, 0.4) is 0 Å². The molecule has 58 valence electrons. The Balaban J connectivity index is 2.34. The summed E-state index contributed by atoms with van der Waals surface area (Å²) in [7, 11) is 0. The van der Waals surface area contributed by atoms with Crippen molar-refractivity contribution in [1.29, 1.82) is 0 Å². The Bertz CT molecular complexity index is 106. The molecule has 0 spiro atoms. The summed E-state index contributed by atoms with van der Waals surface area (Å²) >= 11 is 0. The van der Waals surface area contributed by atoms with Gasteiger partial charge in [-0.25, -0.2) is 0 Å². The lowest BCUT2D eigenvalue weighted by Gasteiger charge is -2.19. The van der Waals surface area contributed by atoms with Gasteiger partial charge in [0.25, 0.3) is 0 Å². The van der Waals surface area contributed by atoms with Gasteiger partial charge in [-0.15, -0.1) is 0 Å². The molecular weight excluding hydrogens is 122 g/mol. The summed E-state index contributed by atoms with van der Waals surface area (Å²) in [5, 5.41) is 3.49. The van der Waals surface area contributed by atoms with E-state index in [1.54, 1.807) is 0 Å². The lowest BCUT2D eigenvalue weighted by Crippen LogP contribution is -2.32. The molecule has 0 bridgehead atoms. The van der Waals surface area contributed by atoms with Gasteiger partial charge in [-0.05, 0) is 18.8 Å². The highest BCUT2D eigenvalue weighted by Crippen LogP contribution is 2.10.